The molecule has 2 aliphatic rings. The van der Waals surface area contributed by atoms with E-state index in [0.717, 1.165) is 80.6 Å². The maximum atomic E-state index is 5.62. The average Bonchev–Trinajstić information content (AvgIpc) is 3.00. The molecule has 1 aliphatic carbocycles. The van der Waals surface area contributed by atoms with Crippen LogP contribution in [-0.2, 0) is 15.9 Å². The summed E-state index contributed by atoms with van der Waals surface area (Å²) in [5.74, 6) is 2.59. The minimum Gasteiger partial charge on any atom is -0.384 e. The second-order valence-corrected chi connectivity index (χ2v) is 10.2. The third-order valence-electron chi connectivity index (χ3n) is 7.50. The average molecular weight is 464 g/mol. The molecular weight excluding hydrogens is 422 g/mol. The zero-order valence-corrected chi connectivity index (χ0v) is 21.9. The van der Waals surface area contributed by atoms with Crippen LogP contribution in [0.4, 0.5) is 5.82 Å². The highest BCUT2D eigenvalue weighted by atomic mass is 16.5. The van der Waals surface area contributed by atoms with Gasteiger partial charge in [-0.2, -0.15) is 0 Å². The maximum Gasteiger partial charge on any atom is 0.138 e. The van der Waals surface area contributed by atoms with E-state index < -0.39 is 0 Å². The van der Waals surface area contributed by atoms with E-state index in [1.165, 1.54) is 16.7 Å². The second kappa shape index (κ2) is 11.0. The lowest BCUT2D eigenvalue weighted by molar-refractivity contribution is 0.117. The first kappa shape index (κ1) is 24.9. The number of nitrogens with zero attached hydrogens (tertiary/aromatic N) is 3. The highest BCUT2D eigenvalue weighted by Crippen LogP contribution is 2.37. The number of ether oxygens (including phenoxy) is 2. The fraction of sp³-hybridized carbons (Fsp3) is 0.586. The Labute approximate surface area is 205 Å². The molecular formula is C29H41N3O2. The molecule has 5 heteroatoms. The van der Waals surface area contributed by atoms with Gasteiger partial charge in [0.1, 0.15) is 5.82 Å². The number of hydrogen-bond acceptors (Lipinski definition) is 5. The molecule has 1 unspecified atom stereocenters. The van der Waals surface area contributed by atoms with E-state index >= 15 is 0 Å². The summed E-state index contributed by atoms with van der Waals surface area (Å²) in [6, 6.07) is 6.79. The summed E-state index contributed by atoms with van der Waals surface area (Å²) >= 11 is 0. The summed E-state index contributed by atoms with van der Waals surface area (Å²) in [6.45, 7) is 15.1. The van der Waals surface area contributed by atoms with Crippen molar-refractivity contribution in [1.82, 2.24) is 9.97 Å². The Bertz CT molecular complexity index is 1020. The SMILES string of the molecule is CC[C@H](COC)C1CC=C(C)c2nc(-c3ccc(C(C)C)nc3N3CCOCC3)c(C)cc2C1. The van der Waals surface area contributed by atoms with E-state index in [1.807, 2.05) is 7.11 Å². The maximum absolute atomic E-state index is 5.62. The summed E-state index contributed by atoms with van der Waals surface area (Å²) in [4.78, 5) is 12.8. The van der Waals surface area contributed by atoms with Crippen molar-refractivity contribution in [2.24, 2.45) is 11.8 Å². The summed E-state index contributed by atoms with van der Waals surface area (Å²) in [5.41, 5.74) is 8.33. The van der Waals surface area contributed by atoms with Crippen molar-refractivity contribution < 1.29 is 9.47 Å². The van der Waals surface area contributed by atoms with Crippen LogP contribution >= 0.6 is 0 Å². The number of fused-ring (bicyclic) bond motifs is 1. The number of allylic oxidation sites excluding steroid dienone is 2. The lowest BCUT2D eigenvalue weighted by atomic mass is 9.83. The van der Waals surface area contributed by atoms with Crippen LogP contribution < -0.4 is 4.90 Å². The fourth-order valence-corrected chi connectivity index (χ4v) is 5.38. The van der Waals surface area contributed by atoms with E-state index in [9.17, 15) is 0 Å². The van der Waals surface area contributed by atoms with Gasteiger partial charge in [-0.1, -0.05) is 39.3 Å². The van der Waals surface area contributed by atoms with E-state index in [1.54, 1.807) is 0 Å². The Morgan fingerprint density at radius 3 is 2.56 bits per heavy atom. The molecule has 0 radical (unpaired) electrons. The minimum atomic E-state index is 0.385. The highest BCUT2D eigenvalue weighted by molar-refractivity contribution is 5.78. The predicted molar refractivity (Wildman–Crippen MR) is 140 cm³/mol. The monoisotopic (exact) mass is 463 g/mol. The number of pyridine rings is 2. The Balaban J connectivity index is 1.77. The van der Waals surface area contributed by atoms with Crippen LogP contribution in [0.25, 0.3) is 16.8 Å². The Morgan fingerprint density at radius 2 is 1.88 bits per heavy atom. The molecule has 2 atom stereocenters. The van der Waals surface area contributed by atoms with Gasteiger partial charge in [-0.15, -0.1) is 0 Å². The van der Waals surface area contributed by atoms with Crippen LogP contribution in [0.3, 0.4) is 0 Å². The lowest BCUT2D eigenvalue weighted by Gasteiger charge is -2.30. The van der Waals surface area contributed by atoms with Crippen molar-refractivity contribution in [2.75, 3.05) is 44.9 Å². The molecule has 2 aromatic heterocycles. The van der Waals surface area contributed by atoms with Crippen LogP contribution in [0.2, 0.25) is 0 Å². The van der Waals surface area contributed by atoms with Gasteiger partial charge < -0.3 is 14.4 Å². The Hall–Kier alpha value is -2.24. The standard InChI is InChI=1S/C29H41N3O2/c1-7-22(18-33-6)23-9-8-20(4)27-24(17-23)16-21(5)28(31-27)25-10-11-26(19(2)3)30-29(25)32-12-14-34-15-13-32/h8,10-11,16,19,22-23H,7,9,12-15,17-18H2,1-6H3/t22-,23?/m1/s1. The van der Waals surface area contributed by atoms with Gasteiger partial charge in [0.15, 0.2) is 0 Å². The molecule has 1 fully saturated rings. The second-order valence-electron chi connectivity index (χ2n) is 10.2. The van der Waals surface area contributed by atoms with Gasteiger partial charge >= 0.3 is 0 Å². The summed E-state index contributed by atoms with van der Waals surface area (Å²) in [5, 5.41) is 0. The Morgan fingerprint density at radius 1 is 1.12 bits per heavy atom. The van der Waals surface area contributed by atoms with Gasteiger partial charge in [0.05, 0.1) is 24.6 Å². The number of aryl methyl sites for hydroxylation is 1. The third-order valence-corrected chi connectivity index (χ3v) is 7.50. The molecule has 2 aromatic rings. The number of aromatic nitrogens is 2. The van der Waals surface area contributed by atoms with E-state index in [-0.39, 0.29) is 0 Å². The van der Waals surface area contributed by atoms with Crippen molar-refractivity contribution >= 4 is 11.4 Å². The zero-order valence-electron chi connectivity index (χ0n) is 21.9. The van der Waals surface area contributed by atoms with Crippen LogP contribution in [0.1, 0.15) is 69.0 Å². The topological polar surface area (TPSA) is 47.5 Å². The summed E-state index contributed by atoms with van der Waals surface area (Å²) in [7, 11) is 1.82. The largest absolute Gasteiger partial charge is 0.384 e. The Kier molecular flexibility index (Phi) is 8.05. The first-order valence-corrected chi connectivity index (χ1v) is 12.9. The van der Waals surface area contributed by atoms with Gasteiger partial charge in [0, 0.05) is 38.1 Å². The van der Waals surface area contributed by atoms with E-state index in [4.69, 9.17) is 19.4 Å². The molecule has 0 saturated carbocycles. The molecule has 4 rings (SSSR count). The molecule has 0 bridgehead atoms. The molecule has 0 aromatic carbocycles. The third kappa shape index (κ3) is 5.21. The van der Waals surface area contributed by atoms with Gasteiger partial charge in [0.25, 0.3) is 0 Å². The van der Waals surface area contributed by atoms with E-state index in [2.05, 4.69) is 63.8 Å². The highest BCUT2D eigenvalue weighted by Gasteiger charge is 2.26. The van der Waals surface area contributed by atoms with Crippen LogP contribution in [0.15, 0.2) is 24.3 Å². The molecule has 0 N–H and O–H groups in total. The molecule has 3 heterocycles. The normalized spacial score (nSPS) is 19.6. The van der Waals surface area contributed by atoms with Crippen LogP contribution in [0, 0.1) is 18.8 Å². The zero-order chi connectivity index (χ0) is 24.2. The summed E-state index contributed by atoms with van der Waals surface area (Å²) < 4.78 is 11.2. The number of rotatable bonds is 7. The van der Waals surface area contributed by atoms with Gasteiger partial charge in [-0.25, -0.2) is 9.97 Å². The van der Waals surface area contributed by atoms with Crippen molar-refractivity contribution in [3.63, 3.8) is 0 Å². The summed E-state index contributed by atoms with van der Waals surface area (Å²) in [6.07, 6.45) is 5.67. The first-order valence-electron chi connectivity index (χ1n) is 12.9. The van der Waals surface area contributed by atoms with Crippen molar-refractivity contribution in [3.05, 3.63) is 46.8 Å². The number of methoxy groups -OCH3 is 1. The first-order chi connectivity index (χ1) is 16.4. The number of morpholine rings is 1. The number of hydrogen-bond donors (Lipinski definition) is 0. The van der Waals surface area contributed by atoms with Crippen LogP contribution in [0.5, 0.6) is 0 Å². The molecule has 0 spiro atoms. The van der Waals surface area contributed by atoms with Crippen LogP contribution in [-0.4, -0.2) is 50.0 Å². The fourth-order valence-electron chi connectivity index (χ4n) is 5.38. The smallest absolute Gasteiger partial charge is 0.138 e. The quantitative estimate of drug-likeness (QED) is 0.500. The predicted octanol–water partition coefficient (Wildman–Crippen LogP) is 6.05. The van der Waals surface area contributed by atoms with Gasteiger partial charge in [0.2, 0.25) is 0 Å². The lowest BCUT2D eigenvalue weighted by Crippen LogP contribution is -2.37. The van der Waals surface area contributed by atoms with Crippen molar-refractivity contribution in [3.8, 4) is 11.3 Å². The van der Waals surface area contributed by atoms with Crippen molar-refractivity contribution in [1.29, 1.82) is 0 Å². The van der Waals surface area contributed by atoms with Gasteiger partial charge in [-0.05, 0) is 73.3 Å². The number of anilines is 1. The van der Waals surface area contributed by atoms with Crippen molar-refractivity contribution in [2.45, 2.75) is 59.8 Å². The van der Waals surface area contributed by atoms with E-state index in [0.29, 0.717) is 17.8 Å². The molecule has 5 nitrogen and oxygen atoms in total. The molecule has 34 heavy (non-hydrogen) atoms. The minimum absolute atomic E-state index is 0.385. The molecule has 0 amide bonds. The molecule has 184 valence electrons. The molecule has 1 aliphatic heterocycles. The molecule has 1 saturated heterocycles. The van der Waals surface area contributed by atoms with Gasteiger partial charge in [-0.3, -0.25) is 0 Å².